The van der Waals surface area contributed by atoms with E-state index in [9.17, 15) is 9.90 Å². The number of nitrogens with zero attached hydrogens (tertiary/aromatic N) is 4. The van der Waals surface area contributed by atoms with Crippen molar-refractivity contribution < 1.29 is 19.4 Å². The van der Waals surface area contributed by atoms with Crippen LogP contribution in [-0.2, 0) is 24.4 Å². The molecule has 9 nitrogen and oxygen atoms in total. The molecule has 202 valence electrons. The Morgan fingerprint density at radius 1 is 1.18 bits per heavy atom. The van der Waals surface area contributed by atoms with Crippen molar-refractivity contribution in [1.82, 2.24) is 19.4 Å². The third-order valence-electron chi connectivity index (χ3n) is 7.27. The first kappa shape index (κ1) is 25.6. The summed E-state index contributed by atoms with van der Waals surface area (Å²) in [6.07, 6.45) is 3.78. The van der Waals surface area contributed by atoms with Crippen molar-refractivity contribution in [1.29, 1.82) is 0 Å². The van der Waals surface area contributed by atoms with Gasteiger partial charge in [-0.3, -0.25) is 9.88 Å². The number of ether oxygens (including phenoxy) is 2. The van der Waals surface area contributed by atoms with Crippen molar-refractivity contribution in [2.75, 3.05) is 25.0 Å². The fourth-order valence-electron chi connectivity index (χ4n) is 5.12. The summed E-state index contributed by atoms with van der Waals surface area (Å²) in [6, 6.07) is 17.1. The molecule has 0 radical (unpaired) electrons. The molecule has 4 heterocycles. The Balaban J connectivity index is 1.10. The molecule has 0 bridgehead atoms. The molecule has 2 N–H and O–H groups in total. The number of nitrogens with one attached hydrogen (secondary N) is 1. The van der Waals surface area contributed by atoms with Crippen LogP contribution in [0.2, 0.25) is 5.02 Å². The normalized spacial score (nSPS) is 19.2. The van der Waals surface area contributed by atoms with Crippen LogP contribution >= 0.6 is 11.6 Å². The number of benzene rings is 2. The van der Waals surface area contributed by atoms with E-state index in [1.165, 1.54) is 0 Å². The molecule has 2 aromatic carbocycles. The minimum absolute atomic E-state index is 0.146. The Bertz CT molecular complexity index is 1470. The Kier molecular flexibility index (Phi) is 7.36. The number of pyridine rings is 1. The van der Waals surface area contributed by atoms with Gasteiger partial charge in [-0.2, -0.15) is 0 Å². The van der Waals surface area contributed by atoms with Gasteiger partial charge in [0.05, 0.1) is 46.5 Å². The summed E-state index contributed by atoms with van der Waals surface area (Å²) >= 11 is 5.91. The van der Waals surface area contributed by atoms with Gasteiger partial charge in [-0.25, -0.2) is 9.78 Å². The van der Waals surface area contributed by atoms with E-state index in [0.29, 0.717) is 30.8 Å². The highest BCUT2D eigenvalue weighted by Gasteiger charge is 2.27. The van der Waals surface area contributed by atoms with Crippen LogP contribution in [0, 0.1) is 0 Å². The quantitative estimate of drug-likeness (QED) is 0.291. The van der Waals surface area contributed by atoms with Gasteiger partial charge in [-0.05, 0) is 55.3 Å². The van der Waals surface area contributed by atoms with Crippen molar-refractivity contribution in [3.8, 4) is 5.75 Å². The van der Waals surface area contributed by atoms with Crippen LogP contribution in [0.15, 0.2) is 60.8 Å². The maximum absolute atomic E-state index is 11.6. The number of hydrogen-bond acceptors (Lipinski definition) is 7. The number of carbonyl (C=O) groups is 1. The zero-order chi connectivity index (χ0) is 26.8. The lowest BCUT2D eigenvalue weighted by molar-refractivity contribution is -0.0591. The predicted molar refractivity (Wildman–Crippen MR) is 148 cm³/mol. The summed E-state index contributed by atoms with van der Waals surface area (Å²) in [7, 11) is 0. The second-order valence-electron chi connectivity index (χ2n) is 10.1. The van der Waals surface area contributed by atoms with Crippen molar-refractivity contribution in [2.45, 2.75) is 44.7 Å². The number of anilines is 1. The minimum atomic E-state index is -0.935. The van der Waals surface area contributed by atoms with E-state index in [1.807, 2.05) is 30.3 Å². The standard InChI is InChI=1S/C29H30ClN5O4/c30-20-5-6-23(31-14-20)18-39-24-3-1-2-21(13-24)32-22-8-10-34(15-22)17-28-33-26-7-4-19(29(36)37)12-27(26)35(28)16-25-9-11-38-25/h1-7,12-14,22,25,32H,8-11,15-18H2,(H,36,37)/t22-,25+/m1/s1. The zero-order valence-corrected chi connectivity index (χ0v) is 22.2. The predicted octanol–water partition coefficient (Wildman–Crippen LogP) is 4.84. The molecule has 0 unspecified atom stereocenters. The Morgan fingerprint density at radius 3 is 2.85 bits per heavy atom. The van der Waals surface area contributed by atoms with Gasteiger partial charge in [0, 0.05) is 43.7 Å². The number of carboxylic acid groups (broad SMARTS) is 1. The minimum Gasteiger partial charge on any atom is -0.487 e. The molecule has 0 spiro atoms. The summed E-state index contributed by atoms with van der Waals surface area (Å²) in [6.45, 7) is 4.35. The molecule has 6 rings (SSSR count). The molecule has 2 saturated heterocycles. The van der Waals surface area contributed by atoms with Crippen molar-refractivity contribution in [3.63, 3.8) is 0 Å². The maximum Gasteiger partial charge on any atom is 0.335 e. The number of hydrogen-bond donors (Lipinski definition) is 2. The van der Waals surface area contributed by atoms with E-state index in [2.05, 4.69) is 19.8 Å². The van der Waals surface area contributed by atoms with Gasteiger partial charge < -0.3 is 24.5 Å². The van der Waals surface area contributed by atoms with Crippen LogP contribution in [0.1, 0.15) is 34.7 Å². The van der Waals surface area contributed by atoms with Gasteiger partial charge in [0.15, 0.2) is 0 Å². The van der Waals surface area contributed by atoms with Crippen molar-refractivity contribution in [3.05, 3.63) is 82.9 Å². The van der Waals surface area contributed by atoms with Crippen LogP contribution in [0.4, 0.5) is 5.69 Å². The summed E-state index contributed by atoms with van der Waals surface area (Å²) < 4.78 is 13.8. The van der Waals surface area contributed by atoms with Crippen LogP contribution in [0.5, 0.6) is 5.75 Å². The van der Waals surface area contributed by atoms with Gasteiger partial charge in [0.2, 0.25) is 0 Å². The van der Waals surface area contributed by atoms with E-state index >= 15 is 0 Å². The molecule has 2 aromatic heterocycles. The third-order valence-corrected chi connectivity index (χ3v) is 7.49. The Hall–Kier alpha value is -3.66. The summed E-state index contributed by atoms with van der Waals surface area (Å²) in [5.74, 6) is 0.782. The highest BCUT2D eigenvalue weighted by atomic mass is 35.5. The Morgan fingerprint density at radius 2 is 2.08 bits per heavy atom. The average molecular weight is 548 g/mol. The number of carboxylic acids is 1. The Labute approximate surface area is 231 Å². The van der Waals surface area contributed by atoms with Crippen LogP contribution in [0.25, 0.3) is 11.0 Å². The van der Waals surface area contributed by atoms with Crippen LogP contribution in [-0.4, -0.2) is 62.4 Å². The zero-order valence-electron chi connectivity index (χ0n) is 21.4. The SMILES string of the molecule is O=C(O)c1ccc2nc(CN3CC[C@@H](Nc4cccc(OCc5ccc(Cl)cn5)c4)C3)n(C[C@@H]3CCO3)c2c1. The van der Waals surface area contributed by atoms with Gasteiger partial charge in [0.25, 0.3) is 0 Å². The highest BCUT2D eigenvalue weighted by Crippen LogP contribution is 2.26. The van der Waals surface area contributed by atoms with E-state index in [1.54, 1.807) is 30.5 Å². The molecule has 2 atom stereocenters. The molecule has 2 fully saturated rings. The average Bonchev–Trinajstić information content (AvgIpc) is 3.49. The van der Waals surface area contributed by atoms with Crippen molar-refractivity contribution >= 4 is 34.3 Å². The van der Waals surface area contributed by atoms with Gasteiger partial charge in [0.1, 0.15) is 18.2 Å². The topological polar surface area (TPSA) is 102 Å². The van der Waals surface area contributed by atoms with E-state index in [-0.39, 0.29) is 11.7 Å². The first-order valence-electron chi connectivity index (χ1n) is 13.2. The van der Waals surface area contributed by atoms with Crippen LogP contribution in [0.3, 0.4) is 0 Å². The fraction of sp³-hybridized carbons (Fsp3) is 0.345. The van der Waals surface area contributed by atoms with Crippen molar-refractivity contribution in [2.24, 2.45) is 0 Å². The molecule has 0 aliphatic carbocycles. The molecule has 39 heavy (non-hydrogen) atoms. The molecular weight excluding hydrogens is 518 g/mol. The second kappa shape index (κ2) is 11.2. The van der Waals surface area contributed by atoms with Crippen LogP contribution < -0.4 is 10.1 Å². The summed E-state index contributed by atoms with van der Waals surface area (Å²) in [5, 5.41) is 13.7. The number of imidazole rings is 1. The third kappa shape index (κ3) is 6.00. The molecule has 10 heteroatoms. The largest absolute Gasteiger partial charge is 0.487 e. The van der Waals surface area contributed by atoms with E-state index < -0.39 is 5.97 Å². The lowest BCUT2D eigenvalue weighted by Gasteiger charge is -2.28. The number of likely N-dealkylation sites (tertiary alicyclic amines) is 1. The van der Waals surface area contributed by atoms with E-state index in [4.69, 9.17) is 26.1 Å². The first-order chi connectivity index (χ1) is 19.0. The number of aromatic nitrogens is 3. The smallest absolute Gasteiger partial charge is 0.335 e. The van der Waals surface area contributed by atoms with Gasteiger partial charge in [-0.1, -0.05) is 17.7 Å². The first-order valence-corrected chi connectivity index (χ1v) is 13.5. The van der Waals surface area contributed by atoms with E-state index in [0.717, 1.165) is 66.5 Å². The van der Waals surface area contributed by atoms with Gasteiger partial charge in [-0.15, -0.1) is 0 Å². The molecular formula is C29H30ClN5O4. The number of halogens is 1. The monoisotopic (exact) mass is 547 g/mol. The maximum atomic E-state index is 11.6. The summed E-state index contributed by atoms with van der Waals surface area (Å²) in [4.78, 5) is 23.1. The molecule has 0 amide bonds. The second-order valence-corrected chi connectivity index (χ2v) is 10.5. The molecule has 2 aliphatic rings. The molecule has 4 aromatic rings. The lowest BCUT2D eigenvalue weighted by atomic mass is 10.1. The number of fused-ring (bicyclic) bond motifs is 1. The molecule has 2 aliphatic heterocycles. The van der Waals surface area contributed by atoms with Gasteiger partial charge >= 0.3 is 5.97 Å². The summed E-state index contributed by atoms with van der Waals surface area (Å²) in [5.41, 5.74) is 3.76. The number of rotatable bonds is 10. The number of aromatic carboxylic acids is 1. The fourth-order valence-corrected chi connectivity index (χ4v) is 5.23. The lowest BCUT2D eigenvalue weighted by Crippen LogP contribution is -2.33. The molecule has 0 saturated carbocycles. The highest BCUT2D eigenvalue weighted by molar-refractivity contribution is 6.30.